The van der Waals surface area contributed by atoms with E-state index in [9.17, 15) is 4.79 Å². The fourth-order valence-corrected chi connectivity index (χ4v) is 1.50. The van der Waals surface area contributed by atoms with Gasteiger partial charge in [0.15, 0.2) is 6.29 Å². The first-order chi connectivity index (χ1) is 9.13. The van der Waals surface area contributed by atoms with Crippen molar-refractivity contribution in [2.45, 2.75) is 13.2 Å². The van der Waals surface area contributed by atoms with Gasteiger partial charge in [0, 0.05) is 14.2 Å². The predicted octanol–water partition coefficient (Wildman–Crippen LogP) is 2.43. The van der Waals surface area contributed by atoms with E-state index in [0.717, 1.165) is 0 Å². The first-order valence-corrected chi connectivity index (χ1v) is 5.82. The van der Waals surface area contributed by atoms with E-state index in [-0.39, 0.29) is 12.4 Å². The molecule has 0 N–H and O–H groups in total. The van der Waals surface area contributed by atoms with Gasteiger partial charge in [0.1, 0.15) is 5.75 Å². The maximum absolute atomic E-state index is 11.5. The lowest BCUT2D eigenvalue weighted by Crippen LogP contribution is -2.13. The summed E-state index contributed by atoms with van der Waals surface area (Å²) in [6.45, 7) is 5.52. The summed E-state index contributed by atoms with van der Waals surface area (Å²) >= 11 is 0. The molecular formula is C14H18O5. The molecule has 0 atom stereocenters. The number of rotatable bonds is 7. The van der Waals surface area contributed by atoms with Crippen LogP contribution in [0.2, 0.25) is 0 Å². The van der Waals surface area contributed by atoms with Gasteiger partial charge in [-0.05, 0) is 19.6 Å². The summed E-state index contributed by atoms with van der Waals surface area (Å²) in [7, 11) is 3.04. The summed E-state index contributed by atoms with van der Waals surface area (Å²) in [5.74, 6) is -0.238. The van der Waals surface area contributed by atoms with Crippen LogP contribution in [-0.2, 0) is 19.0 Å². The molecule has 0 aliphatic heterocycles. The number of carbonyl (C=O) groups is 1. The van der Waals surface area contributed by atoms with Crippen molar-refractivity contribution in [1.29, 1.82) is 0 Å². The minimum absolute atomic E-state index is 0.0831. The number of carbonyl (C=O) groups excluding carboxylic acids is 1. The summed E-state index contributed by atoms with van der Waals surface area (Å²) in [6.07, 6.45) is -0.578. The molecule has 0 unspecified atom stereocenters. The average molecular weight is 266 g/mol. The molecule has 19 heavy (non-hydrogen) atoms. The Morgan fingerprint density at radius 3 is 2.47 bits per heavy atom. The maximum Gasteiger partial charge on any atom is 0.373 e. The van der Waals surface area contributed by atoms with Crippen LogP contribution in [-0.4, -0.2) is 26.8 Å². The summed E-state index contributed by atoms with van der Waals surface area (Å²) in [4.78, 5) is 11.5. The van der Waals surface area contributed by atoms with E-state index in [4.69, 9.17) is 18.9 Å². The Balaban J connectivity index is 2.89. The smallest absolute Gasteiger partial charge is 0.373 e. The van der Waals surface area contributed by atoms with Gasteiger partial charge in [-0.25, -0.2) is 4.79 Å². The lowest BCUT2D eigenvalue weighted by atomic mass is 10.2. The molecule has 1 aromatic rings. The quantitative estimate of drug-likeness (QED) is 0.328. The number of ether oxygens (including phenoxy) is 4. The van der Waals surface area contributed by atoms with Gasteiger partial charge in [0.2, 0.25) is 5.76 Å². The van der Waals surface area contributed by atoms with Gasteiger partial charge >= 0.3 is 5.97 Å². The first kappa shape index (κ1) is 15.2. The van der Waals surface area contributed by atoms with Crippen molar-refractivity contribution in [2.24, 2.45) is 0 Å². The fourth-order valence-electron chi connectivity index (χ4n) is 1.50. The van der Waals surface area contributed by atoms with Gasteiger partial charge in [0.25, 0.3) is 0 Å². The molecule has 0 saturated carbocycles. The van der Waals surface area contributed by atoms with E-state index in [1.54, 1.807) is 25.1 Å². The molecule has 0 saturated heterocycles. The van der Waals surface area contributed by atoms with Crippen molar-refractivity contribution < 1.29 is 23.7 Å². The summed E-state index contributed by atoms with van der Waals surface area (Å²) in [6, 6.07) is 7.08. The van der Waals surface area contributed by atoms with Crippen LogP contribution in [0.15, 0.2) is 36.6 Å². The first-order valence-electron chi connectivity index (χ1n) is 5.82. The Morgan fingerprint density at radius 1 is 1.26 bits per heavy atom. The van der Waals surface area contributed by atoms with Crippen LogP contribution in [0.25, 0.3) is 0 Å². The van der Waals surface area contributed by atoms with Crippen molar-refractivity contribution in [3.63, 3.8) is 0 Å². The van der Waals surface area contributed by atoms with Gasteiger partial charge in [-0.3, -0.25) is 0 Å². The predicted molar refractivity (Wildman–Crippen MR) is 69.6 cm³/mol. The lowest BCUT2D eigenvalue weighted by Gasteiger charge is -2.17. The zero-order chi connectivity index (χ0) is 14.3. The molecule has 1 aromatic carbocycles. The second-order valence-electron chi connectivity index (χ2n) is 3.59. The number of hydrogen-bond acceptors (Lipinski definition) is 5. The van der Waals surface area contributed by atoms with Crippen LogP contribution >= 0.6 is 0 Å². The van der Waals surface area contributed by atoms with Crippen LogP contribution in [0.5, 0.6) is 5.75 Å². The molecule has 0 aromatic heterocycles. The van der Waals surface area contributed by atoms with Crippen molar-refractivity contribution in [3.8, 4) is 5.75 Å². The second kappa shape index (κ2) is 7.56. The van der Waals surface area contributed by atoms with E-state index >= 15 is 0 Å². The molecule has 0 radical (unpaired) electrons. The molecule has 0 amide bonds. The third-order valence-corrected chi connectivity index (χ3v) is 2.34. The molecule has 0 heterocycles. The summed E-state index contributed by atoms with van der Waals surface area (Å²) in [5.41, 5.74) is 0.665. The zero-order valence-corrected chi connectivity index (χ0v) is 11.3. The molecule has 1 rings (SSSR count). The van der Waals surface area contributed by atoms with Gasteiger partial charge in [-0.2, -0.15) is 0 Å². The number of hydrogen-bond donors (Lipinski definition) is 0. The number of para-hydroxylation sites is 1. The normalized spacial score (nSPS) is 10.3. The zero-order valence-electron chi connectivity index (χ0n) is 11.3. The molecule has 5 nitrogen and oxygen atoms in total. The summed E-state index contributed by atoms with van der Waals surface area (Å²) in [5, 5.41) is 0. The van der Waals surface area contributed by atoms with Crippen LogP contribution in [0.1, 0.15) is 18.8 Å². The Kier molecular flexibility index (Phi) is 6.05. The largest absolute Gasteiger partial charge is 0.460 e. The second-order valence-corrected chi connectivity index (χ2v) is 3.59. The highest BCUT2D eigenvalue weighted by Gasteiger charge is 2.17. The molecule has 0 aliphatic carbocycles. The monoisotopic (exact) mass is 266 g/mol. The summed E-state index contributed by atoms with van der Waals surface area (Å²) < 4.78 is 20.6. The number of esters is 1. The minimum atomic E-state index is -0.594. The fraction of sp³-hybridized carbons (Fsp3) is 0.357. The molecule has 0 fully saturated rings. The third kappa shape index (κ3) is 4.08. The van der Waals surface area contributed by atoms with Crippen LogP contribution in [0, 0.1) is 0 Å². The lowest BCUT2D eigenvalue weighted by molar-refractivity contribution is -0.141. The number of benzene rings is 1. The highest BCUT2D eigenvalue weighted by atomic mass is 16.7. The Hall–Kier alpha value is -1.85. The molecule has 0 aliphatic rings. The van der Waals surface area contributed by atoms with Crippen molar-refractivity contribution in [2.75, 3.05) is 20.8 Å². The highest BCUT2D eigenvalue weighted by molar-refractivity contribution is 5.86. The SMILES string of the molecule is C=C(Oc1ccccc1C(OC)OC)C(=O)OCC. The van der Waals surface area contributed by atoms with Gasteiger partial charge in [0.05, 0.1) is 12.2 Å². The van der Waals surface area contributed by atoms with Gasteiger partial charge < -0.3 is 18.9 Å². The van der Waals surface area contributed by atoms with E-state index in [1.807, 2.05) is 6.07 Å². The Bertz CT molecular complexity index is 437. The molecule has 5 heteroatoms. The van der Waals surface area contributed by atoms with Crippen molar-refractivity contribution in [1.82, 2.24) is 0 Å². The van der Waals surface area contributed by atoms with E-state index in [1.165, 1.54) is 14.2 Å². The van der Waals surface area contributed by atoms with Crippen LogP contribution in [0.4, 0.5) is 0 Å². The van der Waals surface area contributed by atoms with Crippen LogP contribution < -0.4 is 4.74 Å². The Labute approximate surface area is 112 Å². The highest BCUT2D eigenvalue weighted by Crippen LogP contribution is 2.28. The van der Waals surface area contributed by atoms with Gasteiger partial charge in [-0.1, -0.05) is 18.2 Å². The third-order valence-electron chi connectivity index (χ3n) is 2.34. The molecule has 104 valence electrons. The maximum atomic E-state index is 11.5. The van der Waals surface area contributed by atoms with Crippen molar-refractivity contribution in [3.05, 3.63) is 42.2 Å². The number of methoxy groups -OCH3 is 2. The Morgan fingerprint density at radius 2 is 1.89 bits per heavy atom. The average Bonchev–Trinajstić information content (AvgIpc) is 2.42. The van der Waals surface area contributed by atoms with E-state index in [2.05, 4.69) is 6.58 Å². The topological polar surface area (TPSA) is 54.0 Å². The minimum Gasteiger partial charge on any atom is -0.460 e. The standard InChI is InChI=1S/C14H18O5/c1-5-18-13(15)10(2)19-12-9-7-6-8-11(12)14(16-3)17-4/h6-9,14H,2,5H2,1,3-4H3. The van der Waals surface area contributed by atoms with E-state index in [0.29, 0.717) is 11.3 Å². The van der Waals surface area contributed by atoms with E-state index < -0.39 is 12.3 Å². The van der Waals surface area contributed by atoms with Gasteiger partial charge in [-0.15, -0.1) is 0 Å². The molecule has 0 bridgehead atoms. The van der Waals surface area contributed by atoms with Crippen molar-refractivity contribution >= 4 is 5.97 Å². The molecular weight excluding hydrogens is 248 g/mol. The molecule has 0 spiro atoms. The van der Waals surface area contributed by atoms with Crippen LogP contribution in [0.3, 0.4) is 0 Å².